The van der Waals surface area contributed by atoms with Gasteiger partial charge in [0.25, 0.3) is 5.91 Å². The third-order valence-electron chi connectivity index (χ3n) is 7.30. The van der Waals surface area contributed by atoms with Crippen LogP contribution in [0.4, 0.5) is 4.79 Å². The van der Waals surface area contributed by atoms with E-state index >= 15 is 0 Å². The predicted octanol–water partition coefficient (Wildman–Crippen LogP) is 3.14. The van der Waals surface area contributed by atoms with Crippen LogP contribution in [0.2, 0.25) is 0 Å². The molecule has 3 fully saturated rings. The Hall–Kier alpha value is -1.93. The molecule has 4 amide bonds. The average molecular weight is 447 g/mol. The average Bonchev–Trinajstić information content (AvgIpc) is 3.35. The molecule has 2 saturated heterocycles. The summed E-state index contributed by atoms with van der Waals surface area (Å²) in [7, 11) is 0. The van der Waals surface area contributed by atoms with Crippen LogP contribution in [0.1, 0.15) is 63.3 Å². The standard InChI is InChI=1S/C23H34N4O3S/c1-16-5-9-23(10-6-16)21(29)27(22(30)25-23)15-20(28)24-14-18(19-4-3-13-31-19)26-11-7-17(2)8-12-26/h3-4,13,16-18H,5-12,14-15H2,1-2H3,(H,24,28)(H,25,30). The van der Waals surface area contributed by atoms with Crippen molar-refractivity contribution in [3.05, 3.63) is 22.4 Å². The summed E-state index contributed by atoms with van der Waals surface area (Å²) < 4.78 is 0. The first-order chi connectivity index (χ1) is 14.9. The van der Waals surface area contributed by atoms with Crippen molar-refractivity contribution in [3.63, 3.8) is 0 Å². The largest absolute Gasteiger partial charge is 0.353 e. The highest BCUT2D eigenvalue weighted by Gasteiger charge is 2.52. The maximum Gasteiger partial charge on any atom is 0.325 e. The first-order valence-corrected chi connectivity index (χ1v) is 12.4. The monoisotopic (exact) mass is 446 g/mol. The quantitative estimate of drug-likeness (QED) is 0.658. The van der Waals surface area contributed by atoms with E-state index in [4.69, 9.17) is 0 Å². The summed E-state index contributed by atoms with van der Waals surface area (Å²) in [4.78, 5) is 43.0. The molecule has 0 aromatic carbocycles. The number of nitrogens with zero attached hydrogens (tertiary/aromatic N) is 2. The van der Waals surface area contributed by atoms with Crippen LogP contribution in [0, 0.1) is 11.8 Å². The Balaban J connectivity index is 1.35. The number of hydrogen-bond donors (Lipinski definition) is 2. The van der Waals surface area contributed by atoms with Crippen LogP contribution in [0.5, 0.6) is 0 Å². The number of hydrogen-bond acceptors (Lipinski definition) is 5. The van der Waals surface area contributed by atoms with E-state index in [1.54, 1.807) is 11.3 Å². The topological polar surface area (TPSA) is 81.8 Å². The van der Waals surface area contributed by atoms with Crippen molar-refractivity contribution in [2.24, 2.45) is 11.8 Å². The van der Waals surface area contributed by atoms with Crippen LogP contribution in [-0.2, 0) is 9.59 Å². The van der Waals surface area contributed by atoms with Crippen LogP contribution < -0.4 is 10.6 Å². The minimum absolute atomic E-state index is 0.130. The highest BCUT2D eigenvalue weighted by Crippen LogP contribution is 2.36. The molecule has 1 aliphatic carbocycles. The minimum Gasteiger partial charge on any atom is -0.353 e. The summed E-state index contributed by atoms with van der Waals surface area (Å²) in [5.74, 6) is 0.792. The van der Waals surface area contributed by atoms with Gasteiger partial charge in [-0.05, 0) is 74.9 Å². The zero-order valence-corrected chi connectivity index (χ0v) is 19.4. The van der Waals surface area contributed by atoms with Crippen LogP contribution >= 0.6 is 11.3 Å². The fraction of sp³-hybridized carbons (Fsp3) is 0.696. The van der Waals surface area contributed by atoms with Crippen molar-refractivity contribution in [1.82, 2.24) is 20.4 Å². The van der Waals surface area contributed by atoms with Crippen molar-refractivity contribution in [1.29, 1.82) is 0 Å². The van der Waals surface area contributed by atoms with E-state index in [1.807, 2.05) is 6.07 Å². The van der Waals surface area contributed by atoms with E-state index < -0.39 is 11.6 Å². The summed E-state index contributed by atoms with van der Waals surface area (Å²) in [5.41, 5.74) is -0.798. The van der Waals surface area contributed by atoms with Crippen molar-refractivity contribution in [2.45, 2.75) is 64.0 Å². The number of amides is 4. The molecule has 1 aromatic heterocycles. The van der Waals surface area contributed by atoms with Crippen molar-refractivity contribution < 1.29 is 14.4 Å². The molecule has 1 unspecified atom stereocenters. The Morgan fingerprint density at radius 2 is 1.87 bits per heavy atom. The molecule has 7 nitrogen and oxygen atoms in total. The van der Waals surface area contributed by atoms with Gasteiger partial charge in [0.2, 0.25) is 5.91 Å². The molecule has 3 heterocycles. The summed E-state index contributed by atoms with van der Waals surface area (Å²) in [6, 6.07) is 3.85. The van der Waals surface area contributed by atoms with E-state index in [0.717, 1.165) is 36.7 Å². The highest BCUT2D eigenvalue weighted by atomic mass is 32.1. The SMILES string of the molecule is CC1CCN(C(CNC(=O)CN2C(=O)NC3(CCC(C)CC3)C2=O)c2cccs2)CC1. The van der Waals surface area contributed by atoms with Gasteiger partial charge in [0, 0.05) is 11.4 Å². The van der Waals surface area contributed by atoms with Crippen LogP contribution in [0.3, 0.4) is 0 Å². The third-order valence-corrected chi connectivity index (χ3v) is 8.27. The van der Waals surface area contributed by atoms with E-state index in [0.29, 0.717) is 25.3 Å². The number of piperidine rings is 1. The van der Waals surface area contributed by atoms with Gasteiger partial charge in [-0.2, -0.15) is 0 Å². The lowest BCUT2D eigenvalue weighted by Crippen LogP contribution is -2.50. The zero-order chi connectivity index (χ0) is 22.0. The molecule has 1 aromatic rings. The number of carbonyl (C=O) groups excluding carboxylic acids is 3. The fourth-order valence-electron chi connectivity index (χ4n) is 5.05. The number of urea groups is 1. The smallest absolute Gasteiger partial charge is 0.325 e. The van der Waals surface area contributed by atoms with Gasteiger partial charge >= 0.3 is 6.03 Å². The van der Waals surface area contributed by atoms with Gasteiger partial charge in [-0.1, -0.05) is 19.9 Å². The maximum absolute atomic E-state index is 13.0. The lowest BCUT2D eigenvalue weighted by atomic mass is 9.77. The molecule has 2 N–H and O–H groups in total. The lowest BCUT2D eigenvalue weighted by Gasteiger charge is -2.36. The van der Waals surface area contributed by atoms with Crippen LogP contribution in [0.25, 0.3) is 0 Å². The summed E-state index contributed by atoms with van der Waals surface area (Å²) in [6.45, 7) is 6.78. The van der Waals surface area contributed by atoms with Gasteiger partial charge in [-0.15, -0.1) is 11.3 Å². The van der Waals surface area contributed by atoms with Crippen molar-refractivity contribution >= 4 is 29.2 Å². The Kier molecular flexibility index (Phi) is 6.67. The molecule has 0 bridgehead atoms. The number of imide groups is 1. The second-order valence-electron chi connectivity index (χ2n) is 9.64. The molecule has 31 heavy (non-hydrogen) atoms. The number of thiophene rings is 1. The van der Waals surface area contributed by atoms with E-state index in [-0.39, 0.29) is 24.4 Å². The molecule has 0 radical (unpaired) electrons. The number of carbonyl (C=O) groups is 3. The molecule has 8 heteroatoms. The molecule has 3 aliphatic rings. The Bertz CT molecular complexity index is 796. The first kappa shape index (κ1) is 22.3. The second-order valence-corrected chi connectivity index (χ2v) is 10.6. The van der Waals surface area contributed by atoms with Crippen molar-refractivity contribution in [2.75, 3.05) is 26.2 Å². The summed E-state index contributed by atoms with van der Waals surface area (Å²) in [6.07, 6.45) is 5.49. The molecule has 1 atom stereocenters. The number of likely N-dealkylation sites (tertiary alicyclic amines) is 1. The van der Waals surface area contributed by atoms with Crippen LogP contribution in [0.15, 0.2) is 17.5 Å². The van der Waals surface area contributed by atoms with Crippen molar-refractivity contribution in [3.8, 4) is 0 Å². The Morgan fingerprint density at radius 3 is 2.52 bits per heavy atom. The normalized spacial score (nSPS) is 28.7. The van der Waals surface area contributed by atoms with Gasteiger partial charge in [-0.25, -0.2) is 4.79 Å². The molecular weight excluding hydrogens is 412 g/mol. The molecule has 1 saturated carbocycles. The zero-order valence-electron chi connectivity index (χ0n) is 18.6. The van der Waals surface area contributed by atoms with Gasteiger partial charge in [0.05, 0.1) is 6.04 Å². The Morgan fingerprint density at radius 1 is 1.19 bits per heavy atom. The van der Waals surface area contributed by atoms with Gasteiger partial charge in [0.1, 0.15) is 12.1 Å². The fourth-order valence-corrected chi connectivity index (χ4v) is 5.92. The van der Waals surface area contributed by atoms with Gasteiger partial charge < -0.3 is 10.6 Å². The lowest BCUT2D eigenvalue weighted by molar-refractivity contribution is -0.136. The second kappa shape index (κ2) is 9.28. The van der Waals surface area contributed by atoms with E-state index in [1.165, 1.54) is 17.7 Å². The van der Waals surface area contributed by atoms with Crippen LogP contribution in [-0.4, -0.2) is 59.4 Å². The van der Waals surface area contributed by atoms with Gasteiger partial charge in [-0.3, -0.25) is 19.4 Å². The predicted molar refractivity (Wildman–Crippen MR) is 121 cm³/mol. The molecule has 170 valence electrons. The molecule has 4 rings (SSSR count). The minimum atomic E-state index is -0.798. The Labute approximate surface area is 188 Å². The van der Waals surface area contributed by atoms with Gasteiger partial charge in [0.15, 0.2) is 0 Å². The molecule has 2 aliphatic heterocycles. The molecular formula is C23H34N4O3S. The summed E-state index contributed by atoms with van der Waals surface area (Å²) in [5, 5.41) is 7.95. The first-order valence-electron chi connectivity index (χ1n) is 11.6. The number of nitrogens with one attached hydrogen (secondary N) is 2. The van der Waals surface area contributed by atoms with E-state index in [9.17, 15) is 14.4 Å². The highest BCUT2D eigenvalue weighted by molar-refractivity contribution is 7.10. The molecule has 1 spiro atoms. The summed E-state index contributed by atoms with van der Waals surface area (Å²) >= 11 is 1.70. The number of rotatable bonds is 6. The third kappa shape index (κ3) is 4.80. The maximum atomic E-state index is 13.0. The van der Waals surface area contributed by atoms with E-state index in [2.05, 4.69) is 40.8 Å².